The SMILES string of the molecule is Cc1[nH]c2c(C(=O)N3C[C@H]4OCCN(C)[C@H]4C3)cccc2c1C. The molecule has 0 unspecified atom stereocenters. The van der Waals surface area contributed by atoms with Crippen molar-refractivity contribution in [2.75, 3.05) is 33.3 Å². The molecule has 0 saturated carbocycles. The van der Waals surface area contributed by atoms with Gasteiger partial charge in [0, 0.05) is 30.7 Å². The fraction of sp³-hybridized carbons (Fsp3) is 0.500. The number of aryl methyl sites for hydroxylation is 2. The van der Waals surface area contributed by atoms with Gasteiger partial charge in [0.2, 0.25) is 0 Å². The van der Waals surface area contributed by atoms with Crippen LogP contribution in [-0.4, -0.2) is 66.1 Å². The third kappa shape index (κ3) is 2.26. The molecule has 3 heterocycles. The number of ether oxygens (including phenoxy) is 1. The molecule has 0 aliphatic carbocycles. The number of nitrogens with zero attached hydrogens (tertiary/aromatic N) is 2. The molecule has 1 aromatic heterocycles. The van der Waals surface area contributed by atoms with Crippen LogP contribution >= 0.6 is 0 Å². The molecule has 2 saturated heterocycles. The third-order valence-corrected chi connectivity index (χ3v) is 5.44. The first kappa shape index (κ1) is 14.7. The zero-order chi connectivity index (χ0) is 16.1. The van der Waals surface area contributed by atoms with Crippen LogP contribution in [0.1, 0.15) is 21.6 Å². The number of nitrogens with one attached hydrogen (secondary N) is 1. The molecule has 0 spiro atoms. The fourth-order valence-corrected chi connectivity index (χ4v) is 3.85. The van der Waals surface area contributed by atoms with E-state index in [9.17, 15) is 4.79 Å². The lowest BCUT2D eigenvalue weighted by atomic mass is 10.1. The summed E-state index contributed by atoms with van der Waals surface area (Å²) in [6, 6.07) is 6.29. The fourth-order valence-electron chi connectivity index (χ4n) is 3.85. The van der Waals surface area contributed by atoms with Gasteiger partial charge in [-0.1, -0.05) is 12.1 Å². The molecule has 2 atom stereocenters. The minimum absolute atomic E-state index is 0.100. The summed E-state index contributed by atoms with van der Waals surface area (Å²) in [6.45, 7) is 7.27. The normalized spacial score (nSPS) is 25.1. The maximum atomic E-state index is 13.1. The average Bonchev–Trinajstić information content (AvgIpc) is 3.10. The lowest BCUT2D eigenvalue weighted by Crippen LogP contribution is -2.48. The van der Waals surface area contributed by atoms with Gasteiger partial charge in [0.1, 0.15) is 0 Å². The van der Waals surface area contributed by atoms with Gasteiger partial charge in [0.25, 0.3) is 5.91 Å². The van der Waals surface area contributed by atoms with Crippen LogP contribution in [0.2, 0.25) is 0 Å². The Morgan fingerprint density at radius 3 is 2.91 bits per heavy atom. The van der Waals surface area contributed by atoms with Crippen molar-refractivity contribution in [1.82, 2.24) is 14.8 Å². The van der Waals surface area contributed by atoms with Gasteiger partial charge < -0.3 is 14.6 Å². The van der Waals surface area contributed by atoms with Gasteiger partial charge >= 0.3 is 0 Å². The number of amides is 1. The highest BCUT2D eigenvalue weighted by molar-refractivity contribution is 6.06. The quantitative estimate of drug-likeness (QED) is 0.875. The summed E-state index contributed by atoms with van der Waals surface area (Å²) in [5.41, 5.74) is 4.06. The molecule has 23 heavy (non-hydrogen) atoms. The highest BCUT2D eigenvalue weighted by Crippen LogP contribution is 2.28. The van der Waals surface area contributed by atoms with Crippen LogP contribution in [-0.2, 0) is 4.74 Å². The van der Waals surface area contributed by atoms with Crippen LogP contribution in [0.3, 0.4) is 0 Å². The molecule has 122 valence electrons. The summed E-state index contributed by atoms with van der Waals surface area (Å²) in [5.74, 6) is 0.100. The Labute approximate surface area is 136 Å². The van der Waals surface area contributed by atoms with E-state index in [4.69, 9.17) is 4.74 Å². The highest BCUT2D eigenvalue weighted by atomic mass is 16.5. The Bertz CT molecular complexity index is 767. The summed E-state index contributed by atoms with van der Waals surface area (Å²) >= 11 is 0. The van der Waals surface area contributed by atoms with Gasteiger partial charge in [-0.05, 0) is 32.5 Å². The lowest BCUT2D eigenvalue weighted by Gasteiger charge is -2.33. The highest BCUT2D eigenvalue weighted by Gasteiger charge is 2.40. The van der Waals surface area contributed by atoms with E-state index >= 15 is 0 Å². The first-order chi connectivity index (χ1) is 11.1. The average molecular weight is 313 g/mol. The number of aromatic amines is 1. The molecule has 0 radical (unpaired) electrons. The molecular weight excluding hydrogens is 290 g/mol. The van der Waals surface area contributed by atoms with Crippen molar-refractivity contribution in [3.05, 3.63) is 35.0 Å². The second kappa shape index (κ2) is 5.35. The summed E-state index contributed by atoms with van der Waals surface area (Å²) < 4.78 is 5.86. The predicted molar refractivity (Wildman–Crippen MR) is 89.8 cm³/mol. The zero-order valence-electron chi connectivity index (χ0n) is 13.9. The first-order valence-electron chi connectivity index (χ1n) is 8.25. The van der Waals surface area contributed by atoms with Crippen LogP contribution < -0.4 is 0 Å². The minimum atomic E-state index is 0.100. The minimum Gasteiger partial charge on any atom is -0.373 e. The Morgan fingerprint density at radius 1 is 1.30 bits per heavy atom. The Balaban J connectivity index is 1.66. The van der Waals surface area contributed by atoms with Crippen LogP contribution in [0.15, 0.2) is 18.2 Å². The van der Waals surface area contributed by atoms with Crippen molar-refractivity contribution >= 4 is 16.8 Å². The number of morpholine rings is 1. The number of likely N-dealkylation sites (N-methyl/N-ethyl adjacent to an activating group) is 1. The Morgan fingerprint density at radius 2 is 2.13 bits per heavy atom. The largest absolute Gasteiger partial charge is 0.373 e. The van der Waals surface area contributed by atoms with Gasteiger partial charge in [-0.3, -0.25) is 9.69 Å². The Kier molecular flexibility index (Phi) is 3.43. The van der Waals surface area contributed by atoms with Gasteiger partial charge in [0.15, 0.2) is 0 Å². The summed E-state index contributed by atoms with van der Waals surface area (Å²) in [6.07, 6.45) is 0.143. The topological polar surface area (TPSA) is 48.6 Å². The maximum absolute atomic E-state index is 13.1. The summed E-state index contributed by atoms with van der Waals surface area (Å²) in [4.78, 5) is 20.7. The van der Waals surface area contributed by atoms with E-state index in [0.29, 0.717) is 12.6 Å². The number of rotatable bonds is 1. The molecule has 4 rings (SSSR count). The molecule has 1 N–H and O–H groups in total. The Hall–Kier alpha value is -1.85. The van der Waals surface area contributed by atoms with Crippen molar-refractivity contribution < 1.29 is 9.53 Å². The number of carbonyl (C=O) groups is 1. The van der Waals surface area contributed by atoms with Gasteiger partial charge in [-0.25, -0.2) is 0 Å². The second-order valence-electron chi connectivity index (χ2n) is 6.77. The molecule has 1 amide bonds. The van der Waals surface area contributed by atoms with E-state index in [1.54, 1.807) is 0 Å². The van der Waals surface area contributed by atoms with E-state index in [2.05, 4.69) is 36.8 Å². The number of benzene rings is 1. The van der Waals surface area contributed by atoms with Crippen LogP contribution in [0.4, 0.5) is 0 Å². The molecule has 2 aliphatic heterocycles. The maximum Gasteiger partial charge on any atom is 0.256 e. The molecule has 2 fully saturated rings. The third-order valence-electron chi connectivity index (χ3n) is 5.44. The number of carbonyl (C=O) groups excluding carboxylic acids is 1. The van der Waals surface area contributed by atoms with Crippen LogP contribution in [0.5, 0.6) is 0 Å². The van der Waals surface area contributed by atoms with E-state index in [1.807, 2.05) is 17.0 Å². The predicted octanol–water partition coefficient (Wildman–Crippen LogP) is 1.94. The molecule has 5 heteroatoms. The first-order valence-corrected chi connectivity index (χ1v) is 8.25. The summed E-state index contributed by atoms with van der Waals surface area (Å²) in [5, 5.41) is 1.14. The van der Waals surface area contributed by atoms with Crippen molar-refractivity contribution in [2.24, 2.45) is 0 Å². The standard InChI is InChI=1S/C18H23N3O2/c1-11-12(2)19-17-13(11)5-4-6-14(17)18(22)21-9-15-16(10-21)23-8-7-20(15)3/h4-6,15-16,19H,7-10H2,1-3H3/t15-,16+/m0/s1. The van der Waals surface area contributed by atoms with Crippen LogP contribution in [0, 0.1) is 13.8 Å². The van der Waals surface area contributed by atoms with E-state index < -0.39 is 0 Å². The van der Waals surface area contributed by atoms with Crippen molar-refractivity contribution in [3.8, 4) is 0 Å². The molecule has 2 aromatic rings. The molecule has 5 nitrogen and oxygen atoms in total. The van der Waals surface area contributed by atoms with Crippen molar-refractivity contribution in [2.45, 2.75) is 26.0 Å². The number of para-hydroxylation sites is 1. The molecule has 2 aliphatic rings. The van der Waals surface area contributed by atoms with Crippen molar-refractivity contribution in [3.63, 3.8) is 0 Å². The van der Waals surface area contributed by atoms with Crippen molar-refractivity contribution in [1.29, 1.82) is 0 Å². The molecule has 0 bridgehead atoms. The molecular formula is C18H23N3O2. The monoisotopic (exact) mass is 313 g/mol. The summed E-state index contributed by atoms with van der Waals surface area (Å²) in [7, 11) is 2.12. The van der Waals surface area contributed by atoms with Gasteiger partial charge in [0.05, 0.1) is 29.8 Å². The second-order valence-corrected chi connectivity index (χ2v) is 6.77. The number of H-pyrrole nitrogens is 1. The van der Waals surface area contributed by atoms with Gasteiger partial charge in [-0.15, -0.1) is 0 Å². The zero-order valence-corrected chi connectivity index (χ0v) is 13.9. The van der Waals surface area contributed by atoms with E-state index in [0.717, 1.165) is 41.9 Å². The van der Waals surface area contributed by atoms with Crippen LogP contribution in [0.25, 0.3) is 10.9 Å². The lowest BCUT2D eigenvalue weighted by molar-refractivity contribution is -0.0368. The number of hydrogen-bond donors (Lipinski definition) is 1. The number of likely N-dealkylation sites (tertiary alicyclic amines) is 1. The van der Waals surface area contributed by atoms with E-state index in [1.165, 1.54) is 5.56 Å². The smallest absolute Gasteiger partial charge is 0.256 e. The van der Waals surface area contributed by atoms with E-state index in [-0.39, 0.29) is 12.0 Å². The molecule has 1 aromatic carbocycles. The number of aromatic nitrogens is 1. The number of hydrogen-bond acceptors (Lipinski definition) is 3. The number of fused-ring (bicyclic) bond motifs is 2. The van der Waals surface area contributed by atoms with Gasteiger partial charge in [-0.2, -0.15) is 0 Å².